The highest BCUT2D eigenvalue weighted by Gasteiger charge is 2.42. The van der Waals surface area contributed by atoms with Gasteiger partial charge in [0.15, 0.2) is 7.85 Å². The molecule has 0 radical (unpaired) electrons. The first-order valence-electron chi connectivity index (χ1n) is 7.71. The second kappa shape index (κ2) is 8.91. The van der Waals surface area contributed by atoms with Crippen LogP contribution >= 0.6 is 11.8 Å². The Kier molecular flexibility index (Phi) is 6.89. The van der Waals surface area contributed by atoms with Crippen LogP contribution in [0.4, 0.5) is 0 Å². The second-order valence-corrected chi connectivity index (χ2v) is 6.76. The number of hydrogen-bond donors (Lipinski definition) is 0. The van der Waals surface area contributed by atoms with E-state index >= 15 is 0 Å². The fraction of sp³-hybridized carbons (Fsp3) is 0.438. The first-order valence-corrected chi connectivity index (χ1v) is 8.66. The van der Waals surface area contributed by atoms with E-state index in [0.717, 1.165) is 0 Å². The molecule has 9 heteroatoms. The van der Waals surface area contributed by atoms with Crippen molar-refractivity contribution in [3.8, 4) is 0 Å². The van der Waals surface area contributed by atoms with E-state index in [1.54, 1.807) is 38.2 Å². The number of hydrogen-bond acceptors (Lipinski definition) is 8. The Bertz CT molecular complexity index is 624. The molecule has 2 rings (SSSR count). The Morgan fingerprint density at radius 3 is 2.56 bits per heavy atom. The molecule has 7 nitrogen and oxygen atoms in total. The molecular formula is C16H19BO7S. The van der Waals surface area contributed by atoms with Gasteiger partial charge >= 0.3 is 17.9 Å². The zero-order valence-corrected chi connectivity index (χ0v) is 15.0. The maximum absolute atomic E-state index is 12.1. The van der Waals surface area contributed by atoms with Crippen LogP contribution in [0.2, 0.25) is 0 Å². The van der Waals surface area contributed by atoms with E-state index in [9.17, 15) is 14.4 Å². The standard InChI is InChI=1S/C16H19BO7S/c1-9(18)22-15-11(8-12(19)21-2)25-16(24-15)13(17)23-14(20)10-6-4-3-5-7-10/h3-7,11,13,15-16H,8,17H2,1-2H3/t11?,13-,15?,16?/m1/s1. The molecule has 0 aliphatic carbocycles. The smallest absolute Gasteiger partial charge is 0.337 e. The van der Waals surface area contributed by atoms with Gasteiger partial charge in [-0.15, -0.1) is 11.8 Å². The Hall–Kier alpha value is -2.00. The third kappa shape index (κ3) is 5.50. The quantitative estimate of drug-likeness (QED) is 0.413. The lowest BCUT2D eigenvalue weighted by atomic mass is 10.0. The van der Waals surface area contributed by atoms with Crippen LogP contribution in [0.5, 0.6) is 0 Å². The molecule has 1 aliphatic heterocycles. The number of thioether (sulfide) groups is 1. The normalized spacial score (nSPS) is 23.5. The summed E-state index contributed by atoms with van der Waals surface area (Å²) in [5.41, 5.74) is -0.133. The molecule has 4 atom stereocenters. The molecule has 0 N–H and O–H groups in total. The molecular weight excluding hydrogens is 347 g/mol. The van der Waals surface area contributed by atoms with Crippen molar-refractivity contribution < 1.29 is 33.3 Å². The average molecular weight is 366 g/mol. The van der Waals surface area contributed by atoms with Gasteiger partial charge in [0.25, 0.3) is 0 Å². The van der Waals surface area contributed by atoms with Gasteiger partial charge in [-0.25, -0.2) is 4.79 Å². The van der Waals surface area contributed by atoms with Gasteiger partial charge in [0.2, 0.25) is 6.29 Å². The summed E-state index contributed by atoms with van der Waals surface area (Å²) in [4.78, 5) is 34.9. The lowest BCUT2D eigenvalue weighted by Gasteiger charge is -2.19. The van der Waals surface area contributed by atoms with Crippen molar-refractivity contribution in [1.82, 2.24) is 0 Å². The highest BCUT2D eigenvalue weighted by atomic mass is 32.2. The van der Waals surface area contributed by atoms with Gasteiger partial charge in [-0.1, -0.05) is 18.2 Å². The van der Waals surface area contributed by atoms with E-state index < -0.39 is 40.9 Å². The van der Waals surface area contributed by atoms with Gasteiger partial charge in [-0.05, 0) is 12.1 Å². The summed E-state index contributed by atoms with van der Waals surface area (Å²) >= 11 is 1.27. The molecule has 3 unspecified atom stereocenters. The van der Waals surface area contributed by atoms with Crippen molar-refractivity contribution in [2.45, 2.75) is 36.3 Å². The number of benzene rings is 1. The van der Waals surface area contributed by atoms with E-state index in [2.05, 4.69) is 4.74 Å². The van der Waals surface area contributed by atoms with Crippen LogP contribution in [-0.4, -0.2) is 55.8 Å². The number of esters is 3. The Balaban J connectivity index is 1.99. The number of rotatable bonds is 6. The highest BCUT2D eigenvalue weighted by Crippen LogP contribution is 2.37. The van der Waals surface area contributed by atoms with Gasteiger partial charge in [0.1, 0.15) is 11.4 Å². The zero-order chi connectivity index (χ0) is 18.4. The molecule has 0 aromatic heterocycles. The topological polar surface area (TPSA) is 88.1 Å². The molecule has 0 saturated carbocycles. The second-order valence-electron chi connectivity index (χ2n) is 5.41. The molecule has 0 spiro atoms. The lowest BCUT2D eigenvalue weighted by molar-refractivity contribution is -0.179. The van der Waals surface area contributed by atoms with Crippen LogP contribution in [0.1, 0.15) is 23.7 Å². The Labute approximate surface area is 150 Å². The van der Waals surface area contributed by atoms with Crippen molar-refractivity contribution in [3.63, 3.8) is 0 Å². The Morgan fingerprint density at radius 2 is 1.96 bits per heavy atom. The van der Waals surface area contributed by atoms with Crippen LogP contribution in [0.3, 0.4) is 0 Å². The van der Waals surface area contributed by atoms with Gasteiger partial charge in [-0.2, -0.15) is 0 Å². The Morgan fingerprint density at radius 1 is 1.28 bits per heavy atom. The predicted molar refractivity (Wildman–Crippen MR) is 92.6 cm³/mol. The molecule has 1 aliphatic rings. The van der Waals surface area contributed by atoms with E-state index in [-0.39, 0.29) is 6.42 Å². The van der Waals surface area contributed by atoms with E-state index in [1.165, 1.54) is 25.8 Å². The minimum absolute atomic E-state index is 0.0228. The van der Waals surface area contributed by atoms with Crippen molar-refractivity contribution >= 4 is 37.5 Å². The molecule has 0 bridgehead atoms. The summed E-state index contributed by atoms with van der Waals surface area (Å²) in [6.07, 6.45) is -0.876. The summed E-state index contributed by atoms with van der Waals surface area (Å²) in [5, 5.41) is -0.431. The highest BCUT2D eigenvalue weighted by molar-refractivity contribution is 8.00. The first kappa shape index (κ1) is 19.3. The van der Waals surface area contributed by atoms with Gasteiger partial charge in [-0.3, -0.25) is 9.59 Å². The van der Waals surface area contributed by atoms with Crippen molar-refractivity contribution in [2.75, 3.05) is 7.11 Å². The zero-order valence-electron chi connectivity index (χ0n) is 14.2. The van der Waals surface area contributed by atoms with Crippen LogP contribution in [0.15, 0.2) is 30.3 Å². The van der Waals surface area contributed by atoms with Gasteiger partial charge in [0.05, 0.1) is 24.3 Å². The fourth-order valence-electron chi connectivity index (χ4n) is 2.24. The molecule has 134 valence electrons. The monoisotopic (exact) mass is 366 g/mol. The van der Waals surface area contributed by atoms with Crippen molar-refractivity contribution in [3.05, 3.63) is 35.9 Å². The molecule has 0 amide bonds. The van der Waals surface area contributed by atoms with Crippen LogP contribution in [0.25, 0.3) is 0 Å². The first-order chi connectivity index (χ1) is 11.9. The van der Waals surface area contributed by atoms with E-state index in [0.29, 0.717) is 5.56 Å². The largest absolute Gasteiger partial charge is 0.469 e. The fourth-order valence-corrected chi connectivity index (χ4v) is 3.51. The van der Waals surface area contributed by atoms with Crippen molar-refractivity contribution in [2.24, 2.45) is 0 Å². The molecule has 1 fully saturated rings. The molecule has 1 saturated heterocycles. The average Bonchev–Trinajstić information content (AvgIpc) is 2.97. The van der Waals surface area contributed by atoms with Crippen LogP contribution in [0, 0.1) is 0 Å². The number of methoxy groups -OCH3 is 1. The summed E-state index contributed by atoms with van der Waals surface area (Å²) in [6.45, 7) is 1.26. The summed E-state index contributed by atoms with van der Waals surface area (Å²) in [6, 6.07) is 7.99. The summed E-state index contributed by atoms with van der Waals surface area (Å²) in [7, 11) is 2.97. The van der Waals surface area contributed by atoms with E-state index in [4.69, 9.17) is 14.2 Å². The minimum Gasteiger partial charge on any atom is -0.469 e. The molecule has 1 aromatic rings. The van der Waals surface area contributed by atoms with Gasteiger partial charge in [0, 0.05) is 6.92 Å². The predicted octanol–water partition coefficient (Wildman–Crippen LogP) is 0.713. The maximum atomic E-state index is 12.1. The summed E-state index contributed by atoms with van der Waals surface area (Å²) in [5.74, 6) is -1.43. The van der Waals surface area contributed by atoms with Crippen LogP contribution in [-0.2, 0) is 28.5 Å². The SMILES string of the molecule is B[C@H](OC(=O)c1ccccc1)C1OC(OC(C)=O)C(CC(=O)OC)S1. The lowest BCUT2D eigenvalue weighted by Crippen LogP contribution is -2.32. The number of carbonyl (C=O) groups excluding carboxylic acids is 3. The molecule has 1 heterocycles. The van der Waals surface area contributed by atoms with E-state index in [1.807, 2.05) is 0 Å². The number of carbonyl (C=O) groups is 3. The maximum Gasteiger partial charge on any atom is 0.337 e. The van der Waals surface area contributed by atoms with Crippen LogP contribution < -0.4 is 0 Å². The third-order valence-corrected chi connectivity index (χ3v) is 4.95. The summed E-state index contributed by atoms with van der Waals surface area (Å²) < 4.78 is 20.8. The third-order valence-electron chi connectivity index (χ3n) is 3.44. The molecule has 1 aromatic carbocycles. The van der Waals surface area contributed by atoms with Gasteiger partial charge < -0.3 is 18.9 Å². The minimum atomic E-state index is -0.899. The number of ether oxygens (including phenoxy) is 4. The van der Waals surface area contributed by atoms with Crippen molar-refractivity contribution in [1.29, 1.82) is 0 Å². The molecule has 25 heavy (non-hydrogen) atoms.